The van der Waals surface area contributed by atoms with Crippen molar-refractivity contribution >= 4 is 13.8 Å². The molecule has 10 heteroatoms. The number of likely N-dealkylation sites (N-methyl/N-ethyl adjacent to an activating group) is 1. The van der Waals surface area contributed by atoms with Crippen molar-refractivity contribution in [1.82, 2.24) is 0 Å². The van der Waals surface area contributed by atoms with Gasteiger partial charge in [0, 0.05) is 6.42 Å². The van der Waals surface area contributed by atoms with Gasteiger partial charge in [-0.1, -0.05) is 71.1 Å². The van der Waals surface area contributed by atoms with Crippen molar-refractivity contribution in [3.8, 4) is 0 Å². The maximum atomic E-state index is 11.8. The Morgan fingerprint density at radius 3 is 1.94 bits per heavy atom. The smallest absolute Gasteiger partial charge is 0.305 e. The van der Waals surface area contributed by atoms with Gasteiger partial charge in [-0.15, -0.1) is 0 Å². The number of phosphoric acid groups is 1. The Morgan fingerprint density at radius 1 is 0.906 bits per heavy atom. The van der Waals surface area contributed by atoms with Crippen LogP contribution in [0.2, 0.25) is 0 Å². The van der Waals surface area contributed by atoms with Gasteiger partial charge in [0.25, 0.3) is 7.82 Å². The fourth-order valence-electron chi connectivity index (χ4n) is 2.94. The van der Waals surface area contributed by atoms with Gasteiger partial charge in [0.2, 0.25) is 0 Å². The van der Waals surface area contributed by atoms with Crippen molar-refractivity contribution in [2.75, 3.05) is 47.5 Å². The molecule has 0 fully saturated rings. The molecule has 2 unspecified atom stereocenters. The lowest BCUT2D eigenvalue weighted by Crippen LogP contribution is -2.37. The Morgan fingerprint density at radius 2 is 1.44 bits per heavy atom. The second-order valence-electron chi connectivity index (χ2n) is 9.29. The van der Waals surface area contributed by atoms with Crippen molar-refractivity contribution in [3.05, 3.63) is 0 Å². The van der Waals surface area contributed by atoms with Gasteiger partial charge in [-0.3, -0.25) is 14.6 Å². The second-order valence-corrected chi connectivity index (χ2v) is 10.7. The van der Waals surface area contributed by atoms with Crippen LogP contribution in [0.1, 0.15) is 84.0 Å². The van der Waals surface area contributed by atoms with Crippen LogP contribution in [0, 0.1) is 0 Å². The zero-order valence-electron chi connectivity index (χ0n) is 20.6. The third-order valence-electron chi connectivity index (χ3n) is 4.99. The molecule has 192 valence electrons. The summed E-state index contributed by atoms with van der Waals surface area (Å²) in [6, 6.07) is 0. The quantitative estimate of drug-likeness (QED) is 0.0605. The number of phosphoric ester groups is 1. The highest BCUT2D eigenvalue weighted by atomic mass is 31.2. The standard InChI is InChI=1S/C22H46NO8P/c1-5-6-7-8-9-10-11-12-13-14-15-16-22(24)28-19-21(31-25)20-30-32(26,27)29-18-17-23(2,3)4/h21H,5-20H2,1-4H3,(H-,25,26,27). The van der Waals surface area contributed by atoms with Gasteiger partial charge in [0.05, 0.1) is 27.7 Å². The molecule has 0 rings (SSSR count). The van der Waals surface area contributed by atoms with Crippen LogP contribution < -0.4 is 4.89 Å². The minimum atomic E-state index is -4.53. The fraction of sp³-hybridized carbons (Fsp3) is 0.955. The van der Waals surface area contributed by atoms with Crippen molar-refractivity contribution in [1.29, 1.82) is 0 Å². The molecule has 0 aromatic rings. The summed E-state index contributed by atoms with van der Waals surface area (Å²) in [6.07, 6.45) is 12.3. The number of rotatable bonds is 22. The molecule has 0 aromatic heterocycles. The highest BCUT2D eigenvalue weighted by Gasteiger charge is 2.19. The van der Waals surface area contributed by atoms with Gasteiger partial charge in [0.1, 0.15) is 19.8 Å². The number of nitrogens with zero attached hydrogens (tertiary/aromatic N) is 1. The van der Waals surface area contributed by atoms with Gasteiger partial charge in [-0.05, 0) is 6.42 Å². The lowest BCUT2D eigenvalue weighted by molar-refractivity contribution is -0.870. The van der Waals surface area contributed by atoms with Crippen LogP contribution in [0.5, 0.6) is 0 Å². The fourth-order valence-corrected chi connectivity index (χ4v) is 3.67. The molecular weight excluding hydrogens is 437 g/mol. The summed E-state index contributed by atoms with van der Waals surface area (Å²) in [6.45, 7) is 1.87. The minimum absolute atomic E-state index is 0.0249. The van der Waals surface area contributed by atoms with Crippen LogP contribution in [0.3, 0.4) is 0 Å². The van der Waals surface area contributed by atoms with Gasteiger partial charge in [-0.25, -0.2) is 4.89 Å². The van der Waals surface area contributed by atoms with E-state index < -0.39 is 26.5 Å². The van der Waals surface area contributed by atoms with E-state index in [1.165, 1.54) is 51.4 Å². The number of hydrogen-bond donors (Lipinski definition) is 1. The number of quaternary nitrogens is 1. The molecule has 1 N–H and O–H groups in total. The van der Waals surface area contributed by atoms with Crippen LogP contribution >= 0.6 is 7.82 Å². The van der Waals surface area contributed by atoms with Crippen molar-refractivity contribution in [2.45, 2.75) is 90.1 Å². The average molecular weight is 484 g/mol. The molecule has 9 nitrogen and oxygen atoms in total. The Kier molecular flexibility index (Phi) is 18.5. The number of ether oxygens (including phenoxy) is 1. The molecule has 0 amide bonds. The highest BCUT2D eigenvalue weighted by molar-refractivity contribution is 7.45. The molecule has 0 aliphatic heterocycles. The van der Waals surface area contributed by atoms with E-state index >= 15 is 0 Å². The Balaban J connectivity index is 3.77. The molecule has 0 radical (unpaired) electrons. The van der Waals surface area contributed by atoms with Crippen LogP contribution in [0.4, 0.5) is 0 Å². The summed E-state index contributed by atoms with van der Waals surface area (Å²) in [4.78, 5) is 27.7. The van der Waals surface area contributed by atoms with Crippen molar-refractivity contribution < 1.29 is 42.7 Å². The average Bonchev–Trinajstić information content (AvgIpc) is 2.71. The second kappa shape index (κ2) is 18.8. The van der Waals surface area contributed by atoms with Crippen LogP contribution in [0.25, 0.3) is 0 Å². The van der Waals surface area contributed by atoms with E-state index in [2.05, 4.69) is 11.8 Å². The zero-order chi connectivity index (χ0) is 24.3. The molecule has 0 spiro atoms. The largest absolute Gasteiger partial charge is 0.756 e. The van der Waals surface area contributed by atoms with Gasteiger partial charge in [0.15, 0.2) is 6.10 Å². The molecule has 0 saturated carbocycles. The molecular formula is C22H46NO8P. The number of hydrogen-bond acceptors (Lipinski definition) is 8. The molecule has 32 heavy (non-hydrogen) atoms. The van der Waals surface area contributed by atoms with Crippen molar-refractivity contribution in [3.63, 3.8) is 0 Å². The maximum absolute atomic E-state index is 11.8. The number of unbranched alkanes of at least 4 members (excludes halogenated alkanes) is 10. The first-order valence-corrected chi connectivity index (χ1v) is 13.4. The third-order valence-corrected chi connectivity index (χ3v) is 5.96. The van der Waals surface area contributed by atoms with Crippen LogP contribution in [0.15, 0.2) is 0 Å². The minimum Gasteiger partial charge on any atom is -0.756 e. The maximum Gasteiger partial charge on any atom is 0.305 e. The summed E-state index contributed by atoms with van der Waals surface area (Å²) >= 11 is 0. The van der Waals surface area contributed by atoms with Crippen molar-refractivity contribution in [2.24, 2.45) is 0 Å². The zero-order valence-corrected chi connectivity index (χ0v) is 21.5. The number of carbonyl (C=O) groups excluding carboxylic acids is 1. The summed E-state index contributed by atoms with van der Waals surface area (Å²) in [7, 11) is 1.18. The summed E-state index contributed by atoms with van der Waals surface area (Å²) in [5, 5.41) is 8.89. The summed E-state index contributed by atoms with van der Waals surface area (Å²) in [5.74, 6) is -0.410. The first-order chi connectivity index (χ1) is 15.1. The monoisotopic (exact) mass is 483 g/mol. The SMILES string of the molecule is CCCCCCCCCCCCCC(=O)OCC(COP(=O)([O-])OCC[N+](C)(C)C)OO. The van der Waals surface area contributed by atoms with Gasteiger partial charge < -0.3 is 23.2 Å². The normalized spacial score (nSPS) is 14.8. The number of esters is 1. The van der Waals surface area contributed by atoms with E-state index in [1.807, 2.05) is 21.1 Å². The van der Waals surface area contributed by atoms with E-state index in [9.17, 15) is 14.3 Å². The Labute approximate surface area is 194 Å². The van der Waals surface area contributed by atoms with Crippen LogP contribution in [-0.4, -0.2) is 69.3 Å². The summed E-state index contributed by atoms with van der Waals surface area (Å²) < 4.78 is 26.8. The molecule has 0 heterocycles. The lowest BCUT2D eigenvalue weighted by atomic mass is 10.1. The van der Waals surface area contributed by atoms with E-state index in [0.29, 0.717) is 11.0 Å². The summed E-state index contributed by atoms with van der Waals surface area (Å²) in [5.41, 5.74) is 0. The first kappa shape index (κ1) is 31.5. The van der Waals surface area contributed by atoms with Gasteiger partial charge >= 0.3 is 5.97 Å². The van der Waals surface area contributed by atoms with E-state index in [1.54, 1.807) is 0 Å². The lowest BCUT2D eigenvalue weighted by Gasteiger charge is -2.27. The van der Waals surface area contributed by atoms with E-state index in [0.717, 1.165) is 19.3 Å². The molecule has 2 atom stereocenters. The predicted octanol–water partition coefficient (Wildman–Crippen LogP) is 4.30. The molecule has 0 saturated heterocycles. The van der Waals surface area contributed by atoms with Gasteiger partial charge in [-0.2, -0.15) is 0 Å². The molecule has 0 bridgehead atoms. The first-order valence-electron chi connectivity index (χ1n) is 12.0. The Hall–Kier alpha value is -0.540. The molecule has 0 aliphatic rings. The topological polar surface area (TPSA) is 114 Å². The van der Waals surface area contributed by atoms with E-state index in [4.69, 9.17) is 19.0 Å². The Bertz CT molecular complexity index is 513. The molecule has 0 aromatic carbocycles. The molecule has 0 aliphatic carbocycles. The van der Waals surface area contributed by atoms with E-state index in [-0.39, 0.29) is 19.6 Å². The predicted molar refractivity (Wildman–Crippen MR) is 122 cm³/mol. The number of carbonyl (C=O) groups is 1. The third kappa shape index (κ3) is 21.3. The van der Waals surface area contributed by atoms with Crippen LogP contribution in [-0.2, 0) is 28.0 Å². The highest BCUT2D eigenvalue weighted by Crippen LogP contribution is 2.38.